The Morgan fingerprint density at radius 2 is 1.72 bits per heavy atom. The number of alkyl halides is 1. The Morgan fingerprint density at radius 1 is 1.04 bits per heavy atom. The molecule has 0 saturated carbocycles. The van der Waals surface area contributed by atoms with Crippen LogP contribution in [0.3, 0.4) is 0 Å². The van der Waals surface area contributed by atoms with E-state index in [1.54, 1.807) is 42.5 Å². The van der Waals surface area contributed by atoms with Crippen LogP contribution in [-0.4, -0.2) is 17.4 Å². The number of hydrogen-bond donors (Lipinski definition) is 2. The summed E-state index contributed by atoms with van der Waals surface area (Å²) in [6.45, 7) is 0. The van der Waals surface area contributed by atoms with E-state index in [1.165, 1.54) is 18.3 Å². The van der Waals surface area contributed by atoms with Gasteiger partial charge in [0.1, 0.15) is 0 Å². The largest absolute Gasteiger partial charge is 0.359 e. The van der Waals surface area contributed by atoms with Gasteiger partial charge < -0.3 is 10.6 Å². The van der Waals surface area contributed by atoms with Crippen molar-refractivity contribution in [1.29, 1.82) is 0 Å². The van der Waals surface area contributed by atoms with Crippen LogP contribution in [-0.2, 0) is 4.79 Å². The lowest BCUT2D eigenvalue weighted by Crippen LogP contribution is -2.39. The Hall–Kier alpha value is -2.92. The number of carbonyl (C=O) groups excluding carboxylic acids is 2. The normalized spacial score (nSPS) is 18.9. The highest BCUT2D eigenvalue weighted by Gasteiger charge is 2.37. The predicted molar refractivity (Wildman–Crippen MR) is 95.1 cm³/mol. The van der Waals surface area contributed by atoms with Gasteiger partial charge in [-0.3, -0.25) is 9.59 Å². The minimum Gasteiger partial charge on any atom is -0.359 e. The van der Waals surface area contributed by atoms with E-state index in [1.807, 2.05) is 0 Å². The molecule has 2 aromatic carbocycles. The van der Waals surface area contributed by atoms with E-state index in [9.17, 15) is 9.59 Å². The van der Waals surface area contributed by atoms with Crippen LogP contribution in [0.4, 0.5) is 10.1 Å². The quantitative estimate of drug-likeness (QED) is 0.818. The Bertz CT molecular complexity index is 863. The van der Waals surface area contributed by atoms with Gasteiger partial charge in [0.2, 0.25) is 11.5 Å². The first kappa shape index (κ1) is 16.9. The Labute approximate surface area is 149 Å². The van der Waals surface area contributed by atoms with Crippen LogP contribution in [0.1, 0.15) is 10.4 Å². The standard InChI is InChI=1S/C19H14ClFN2O2/c20-14-8-6-13(7-9-14)17(24)16-12-19(21,10-11-22-16)18(25)23-15-4-2-1-3-5-15/h1-12,22H,(H,23,25). The minimum atomic E-state index is -2.43. The van der Waals surface area contributed by atoms with Gasteiger partial charge >= 0.3 is 0 Å². The second-order valence-electron chi connectivity index (χ2n) is 5.46. The Kier molecular flexibility index (Phi) is 4.67. The summed E-state index contributed by atoms with van der Waals surface area (Å²) in [6, 6.07) is 14.7. The van der Waals surface area contributed by atoms with Crippen LogP contribution in [0.2, 0.25) is 5.02 Å². The molecule has 2 N–H and O–H groups in total. The third kappa shape index (κ3) is 3.78. The summed E-state index contributed by atoms with van der Waals surface area (Å²) in [5.41, 5.74) is -1.64. The van der Waals surface area contributed by atoms with Crippen molar-refractivity contribution in [1.82, 2.24) is 5.32 Å². The lowest BCUT2D eigenvalue weighted by atomic mass is 9.97. The van der Waals surface area contributed by atoms with Gasteiger partial charge in [-0.1, -0.05) is 29.8 Å². The summed E-state index contributed by atoms with van der Waals surface area (Å²) >= 11 is 5.80. The van der Waals surface area contributed by atoms with Gasteiger partial charge in [-0.15, -0.1) is 0 Å². The van der Waals surface area contributed by atoms with Gasteiger partial charge in [0.05, 0.1) is 5.70 Å². The zero-order valence-electron chi connectivity index (χ0n) is 13.0. The minimum absolute atomic E-state index is 0.0180. The lowest BCUT2D eigenvalue weighted by Gasteiger charge is -2.22. The van der Waals surface area contributed by atoms with Gasteiger partial charge in [0.15, 0.2) is 0 Å². The molecule has 0 fully saturated rings. The SMILES string of the molecule is O=C(C1=CC(F)(C(=O)Nc2ccccc2)C=CN1)c1ccc(Cl)cc1. The molecular weight excluding hydrogens is 343 g/mol. The van der Waals surface area contributed by atoms with Crippen molar-refractivity contribution in [3.05, 3.63) is 89.2 Å². The molecule has 1 aliphatic rings. The number of halogens is 2. The third-order valence-electron chi connectivity index (χ3n) is 3.65. The summed E-state index contributed by atoms with van der Waals surface area (Å²) in [5.74, 6) is -1.31. The zero-order chi connectivity index (χ0) is 17.9. The van der Waals surface area contributed by atoms with E-state index in [4.69, 9.17) is 11.6 Å². The number of Topliss-reactive ketones (excluding diaryl/α,β-unsaturated/α-hetero) is 1. The van der Waals surface area contributed by atoms with Crippen molar-refractivity contribution in [2.24, 2.45) is 0 Å². The number of allylic oxidation sites excluding steroid dienone is 1. The van der Waals surface area contributed by atoms with Gasteiger partial charge in [-0.25, -0.2) is 4.39 Å². The number of benzene rings is 2. The summed E-state index contributed by atoms with van der Waals surface area (Å²) in [7, 11) is 0. The van der Waals surface area contributed by atoms with Crippen LogP contribution < -0.4 is 10.6 Å². The monoisotopic (exact) mass is 356 g/mol. The fraction of sp³-hybridized carbons (Fsp3) is 0.0526. The Morgan fingerprint density at radius 3 is 2.40 bits per heavy atom. The molecular formula is C19H14ClFN2O2. The number of amides is 1. The number of rotatable bonds is 4. The van der Waals surface area contributed by atoms with Crippen LogP contribution >= 0.6 is 11.6 Å². The molecule has 0 spiro atoms. The molecule has 1 atom stereocenters. The number of anilines is 1. The van der Waals surface area contributed by atoms with Crippen LogP contribution in [0, 0.1) is 0 Å². The van der Waals surface area contributed by atoms with Crippen molar-refractivity contribution >= 4 is 29.0 Å². The average molecular weight is 357 g/mol. The van der Waals surface area contributed by atoms with E-state index in [2.05, 4.69) is 10.6 Å². The molecule has 2 aromatic rings. The molecule has 0 saturated heterocycles. The van der Waals surface area contributed by atoms with E-state index in [0.29, 0.717) is 16.3 Å². The summed E-state index contributed by atoms with van der Waals surface area (Å²) < 4.78 is 15.1. The molecule has 3 rings (SSSR count). The maximum atomic E-state index is 15.1. The number of nitrogens with one attached hydrogen (secondary N) is 2. The van der Waals surface area contributed by atoms with Crippen molar-refractivity contribution in [3.8, 4) is 0 Å². The highest BCUT2D eigenvalue weighted by atomic mass is 35.5. The topological polar surface area (TPSA) is 58.2 Å². The molecule has 1 unspecified atom stereocenters. The fourth-order valence-electron chi connectivity index (χ4n) is 2.33. The number of dihydropyridines is 1. The number of carbonyl (C=O) groups is 2. The zero-order valence-corrected chi connectivity index (χ0v) is 13.8. The summed E-state index contributed by atoms with van der Waals surface area (Å²) in [4.78, 5) is 24.8. The smallest absolute Gasteiger partial charge is 0.270 e. The van der Waals surface area contributed by atoms with Crippen molar-refractivity contribution in [3.63, 3.8) is 0 Å². The molecule has 4 nitrogen and oxygen atoms in total. The fourth-order valence-corrected chi connectivity index (χ4v) is 2.46. The molecule has 0 aromatic heterocycles. The number of hydrogen-bond acceptors (Lipinski definition) is 3. The molecule has 1 aliphatic heterocycles. The van der Waals surface area contributed by atoms with Gasteiger partial charge in [-0.2, -0.15) is 0 Å². The van der Waals surface area contributed by atoms with Crippen molar-refractivity contribution in [2.75, 3.05) is 5.32 Å². The maximum absolute atomic E-state index is 15.1. The van der Waals surface area contributed by atoms with Gasteiger partial charge in [-0.05, 0) is 48.6 Å². The van der Waals surface area contributed by atoms with Crippen LogP contribution in [0.5, 0.6) is 0 Å². The van der Waals surface area contributed by atoms with Gasteiger partial charge in [0, 0.05) is 22.5 Å². The average Bonchev–Trinajstić information content (AvgIpc) is 2.62. The third-order valence-corrected chi connectivity index (χ3v) is 3.90. The van der Waals surface area contributed by atoms with Gasteiger partial charge in [0.25, 0.3) is 5.91 Å². The van der Waals surface area contributed by atoms with E-state index in [0.717, 1.165) is 12.2 Å². The Balaban J connectivity index is 1.83. The molecule has 0 bridgehead atoms. The lowest BCUT2D eigenvalue weighted by molar-refractivity contribution is -0.122. The van der Waals surface area contributed by atoms with E-state index >= 15 is 4.39 Å². The molecule has 1 amide bonds. The molecule has 1 heterocycles. The first-order valence-electron chi connectivity index (χ1n) is 7.51. The first-order chi connectivity index (χ1) is 12.0. The molecule has 6 heteroatoms. The van der Waals surface area contributed by atoms with Crippen LogP contribution in [0.15, 0.2) is 78.6 Å². The van der Waals surface area contributed by atoms with E-state index < -0.39 is 17.4 Å². The number of para-hydroxylation sites is 1. The summed E-state index contributed by atoms with van der Waals surface area (Å²) in [6.07, 6.45) is 3.28. The molecule has 0 radical (unpaired) electrons. The van der Waals surface area contributed by atoms with E-state index in [-0.39, 0.29) is 5.70 Å². The highest BCUT2D eigenvalue weighted by Crippen LogP contribution is 2.24. The predicted octanol–water partition coefficient (Wildman–Crippen LogP) is 3.87. The second kappa shape index (κ2) is 6.91. The molecule has 0 aliphatic carbocycles. The first-order valence-corrected chi connectivity index (χ1v) is 7.88. The highest BCUT2D eigenvalue weighted by molar-refractivity contribution is 6.30. The summed E-state index contributed by atoms with van der Waals surface area (Å²) in [5, 5.41) is 5.67. The number of ketones is 1. The molecule has 126 valence electrons. The second-order valence-corrected chi connectivity index (χ2v) is 5.90. The van der Waals surface area contributed by atoms with Crippen LogP contribution in [0.25, 0.3) is 0 Å². The molecule has 25 heavy (non-hydrogen) atoms. The maximum Gasteiger partial charge on any atom is 0.270 e. The van der Waals surface area contributed by atoms with Crippen molar-refractivity contribution < 1.29 is 14.0 Å². The van der Waals surface area contributed by atoms with Crippen molar-refractivity contribution in [2.45, 2.75) is 5.67 Å².